The van der Waals surface area contributed by atoms with Gasteiger partial charge in [-0.15, -0.1) is 0 Å². The van der Waals surface area contributed by atoms with Crippen LogP contribution in [0.15, 0.2) is 12.2 Å². The van der Waals surface area contributed by atoms with Crippen molar-refractivity contribution >= 4 is 25.6 Å². The van der Waals surface area contributed by atoms with E-state index in [2.05, 4.69) is 12.2 Å². The van der Waals surface area contributed by atoms with Crippen LogP contribution in [0.2, 0.25) is 0 Å². The summed E-state index contributed by atoms with van der Waals surface area (Å²) in [7, 11) is -2.23. The predicted molar refractivity (Wildman–Crippen MR) is 131 cm³/mol. The summed E-state index contributed by atoms with van der Waals surface area (Å²) in [6, 6.07) is 0. The molecule has 1 saturated carbocycles. The Hall–Kier alpha value is -0.610. The van der Waals surface area contributed by atoms with Gasteiger partial charge in [0.25, 0.3) is 0 Å². The van der Waals surface area contributed by atoms with E-state index in [9.17, 15) is 28.5 Å². The van der Waals surface area contributed by atoms with Gasteiger partial charge in [-0.2, -0.15) is 0 Å². The summed E-state index contributed by atoms with van der Waals surface area (Å²) < 4.78 is 22.0. The van der Waals surface area contributed by atoms with Crippen molar-refractivity contribution in [3.63, 3.8) is 0 Å². The molecule has 0 unspecified atom stereocenters. The van der Waals surface area contributed by atoms with Crippen molar-refractivity contribution in [2.75, 3.05) is 18.6 Å². The summed E-state index contributed by atoms with van der Waals surface area (Å²) in [6.07, 6.45) is 12.3. The molecular formula is C23H43NO6S2. The zero-order valence-electron chi connectivity index (χ0n) is 19.6. The number of carbonyl (C=O) groups is 1. The molecule has 1 amide bonds. The van der Waals surface area contributed by atoms with Crippen molar-refractivity contribution in [3.05, 3.63) is 12.2 Å². The monoisotopic (exact) mass is 493 g/mol. The van der Waals surface area contributed by atoms with Gasteiger partial charge in [0.2, 0.25) is 5.91 Å². The van der Waals surface area contributed by atoms with Crippen molar-refractivity contribution in [3.8, 4) is 0 Å². The fourth-order valence-corrected chi connectivity index (χ4v) is 5.87. The number of aliphatic hydroxyl groups excluding tert-OH is 3. The molecule has 1 fully saturated rings. The van der Waals surface area contributed by atoms with E-state index in [1.807, 2.05) is 6.08 Å². The van der Waals surface area contributed by atoms with Crippen molar-refractivity contribution in [1.82, 2.24) is 5.32 Å². The van der Waals surface area contributed by atoms with Crippen molar-refractivity contribution in [2.24, 2.45) is 11.8 Å². The summed E-state index contributed by atoms with van der Waals surface area (Å²) >= 11 is 0. The van der Waals surface area contributed by atoms with Crippen LogP contribution in [-0.4, -0.2) is 66.5 Å². The van der Waals surface area contributed by atoms with Crippen LogP contribution < -0.4 is 5.32 Å². The minimum absolute atomic E-state index is 0.000245. The lowest BCUT2D eigenvalue weighted by Gasteiger charge is -2.21. The van der Waals surface area contributed by atoms with Crippen LogP contribution in [0.3, 0.4) is 0 Å². The first-order valence-corrected chi connectivity index (χ1v) is 15.4. The largest absolute Gasteiger partial charge is 0.393 e. The van der Waals surface area contributed by atoms with Gasteiger partial charge in [-0.05, 0) is 36.0 Å². The lowest BCUT2D eigenvalue weighted by molar-refractivity contribution is -0.121. The topological polar surface area (TPSA) is 124 Å². The Morgan fingerprint density at radius 1 is 1.12 bits per heavy atom. The SMILES string of the molecule is CCCCC[C@H](O)/C=C/[C@@H]1[C@@H](CCCCCCC(=O)NCCSS(C)(=O)=O)[C@@H](O)C[C@H]1O. The quantitative estimate of drug-likeness (QED) is 0.139. The third-order valence-electron chi connectivity index (χ3n) is 5.99. The maximum atomic E-state index is 11.8. The number of hydrogen-bond acceptors (Lipinski definition) is 7. The molecule has 0 aromatic rings. The Bertz CT molecular complexity index is 655. The van der Waals surface area contributed by atoms with Gasteiger partial charge in [0, 0.05) is 37.3 Å². The van der Waals surface area contributed by atoms with Gasteiger partial charge in [-0.25, -0.2) is 8.42 Å². The molecule has 0 saturated heterocycles. The Kier molecular flexibility index (Phi) is 14.8. The smallest absolute Gasteiger partial charge is 0.220 e. The van der Waals surface area contributed by atoms with Crippen LogP contribution in [0.5, 0.6) is 0 Å². The molecule has 9 heteroatoms. The van der Waals surface area contributed by atoms with Gasteiger partial charge in [0.05, 0.1) is 18.3 Å². The molecule has 0 heterocycles. The fourth-order valence-electron chi connectivity index (χ4n) is 4.22. The molecule has 4 N–H and O–H groups in total. The number of unbranched alkanes of at least 4 members (excludes halogenated alkanes) is 5. The molecule has 188 valence electrons. The molecular weight excluding hydrogens is 450 g/mol. The lowest BCUT2D eigenvalue weighted by atomic mass is 9.88. The average molecular weight is 494 g/mol. The molecule has 32 heavy (non-hydrogen) atoms. The Labute approximate surface area is 197 Å². The highest BCUT2D eigenvalue weighted by Gasteiger charge is 2.39. The van der Waals surface area contributed by atoms with E-state index >= 15 is 0 Å². The number of carbonyl (C=O) groups excluding carboxylic acids is 1. The van der Waals surface area contributed by atoms with E-state index in [0.29, 0.717) is 25.1 Å². The molecule has 0 spiro atoms. The van der Waals surface area contributed by atoms with Gasteiger partial charge in [0.15, 0.2) is 8.87 Å². The molecule has 5 atom stereocenters. The maximum absolute atomic E-state index is 11.8. The molecule has 1 rings (SSSR count). The first kappa shape index (κ1) is 29.4. The molecule has 0 bridgehead atoms. The second-order valence-corrected chi connectivity index (χ2v) is 13.5. The van der Waals surface area contributed by atoms with E-state index in [-0.39, 0.29) is 17.7 Å². The zero-order chi connectivity index (χ0) is 24.0. The van der Waals surface area contributed by atoms with E-state index < -0.39 is 27.2 Å². The first-order valence-electron chi connectivity index (χ1n) is 12.0. The number of aliphatic hydroxyl groups is 3. The summed E-state index contributed by atoms with van der Waals surface area (Å²) in [6.45, 7) is 2.47. The van der Waals surface area contributed by atoms with E-state index in [1.54, 1.807) is 6.08 Å². The molecule has 1 aliphatic carbocycles. The van der Waals surface area contributed by atoms with Crippen LogP contribution in [0.4, 0.5) is 0 Å². The van der Waals surface area contributed by atoms with Crippen LogP contribution in [0.1, 0.15) is 77.6 Å². The van der Waals surface area contributed by atoms with E-state index in [0.717, 1.165) is 74.8 Å². The van der Waals surface area contributed by atoms with Crippen LogP contribution in [-0.2, 0) is 13.7 Å². The second-order valence-electron chi connectivity index (χ2n) is 8.89. The van der Waals surface area contributed by atoms with Crippen molar-refractivity contribution in [2.45, 2.75) is 95.9 Å². The van der Waals surface area contributed by atoms with Crippen molar-refractivity contribution < 1.29 is 28.5 Å². The van der Waals surface area contributed by atoms with Gasteiger partial charge >= 0.3 is 0 Å². The third-order valence-corrected chi connectivity index (χ3v) is 8.57. The van der Waals surface area contributed by atoms with Crippen LogP contribution >= 0.6 is 10.8 Å². The number of nitrogens with one attached hydrogen (secondary N) is 1. The van der Waals surface area contributed by atoms with Gasteiger partial charge < -0.3 is 20.6 Å². The molecule has 1 aliphatic rings. The minimum atomic E-state index is -3.07. The number of amides is 1. The highest BCUT2D eigenvalue weighted by atomic mass is 33.1. The fraction of sp³-hybridized carbons (Fsp3) is 0.870. The van der Waals surface area contributed by atoms with Crippen molar-refractivity contribution in [1.29, 1.82) is 0 Å². The molecule has 0 aromatic carbocycles. The second kappa shape index (κ2) is 16.1. The maximum Gasteiger partial charge on any atom is 0.220 e. The first-order chi connectivity index (χ1) is 15.1. The summed E-state index contributed by atoms with van der Waals surface area (Å²) in [4.78, 5) is 11.8. The Balaban J connectivity index is 2.23. The Morgan fingerprint density at radius 3 is 2.53 bits per heavy atom. The minimum Gasteiger partial charge on any atom is -0.393 e. The standard InChI is InChI=1S/C23H43NO6S2/c1-3-4-7-10-18(25)13-14-20-19(21(26)17-22(20)27)11-8-5-6-9-12-23(28)24-15-16-31-32(2,29)30/h13-14,18-22,25-27H,3-12,15-17H2,1-2H3,(H,24,28)/b14-13+/t18-,19+,20+,21-,22+/m0/s1. The number of hydrogen-bond donors (Lipinski definition) is 4. The zero-order valence-corrected chi connectivity index (χ0v) is 21.2. The predicted octanol–water partition coefficient (Wildman–Crippen LogP) is 2.99. The average Bonchev–Trinajstić information content (AvgIpc) is 2.98. The van der Waals surface area contributed by atoms with E-state index in [4.69, 9.17) is 0 Å². The molecule has 0 radical (unpaired) electrons. The summed E-state index contributed by atoms with van der Waals surface area (Å²) in [5.74, 6) is 0.170. The lowest BCUT2D eigenvalue weighted by Crippen LogP contribution is -2.25. The molecule has 0 aliphatic heterocycles. The summed E-state index contributed by atoms with van der Waals surface area (Å²) in [5, 5.41) is 33.5. The molecule has 7 nitrogen and oxygen atoms in total. The van der Waals surface area contributed by atoms with Crippen LogP contribution in [0.25, 0.3) is 0 Å². The number of rotatable bonds is 17. The van der Waals surface area contributed by atoms with Crippen LogP contribution in [0, 0.1) is 11.8 Å². The third kappa shape index (κ3) is 13.2. The van der Waals surface area contributed by atoms with Gasteiger partial charge in [0.1, 0.15) is 0 Å². The normalized spacial score (nSPS) is 24.8. The molecule has 0 aromatic heterocycles. The highest BCUT2D eigenvalue weighted by Crippen LogP contribution is 2.37. The summed E-state index contributed by atoms with van der Waals surface area (Å²) in [5.41, 5.74) is 0. The van der Waals surface area contributed by atoms with Gasteiger partial charge in [-0.1, -0.05) is 57.6 Å². The van der Waals surface area contributed by atoms with E-state index in [1.165, 1.54) is 0 Å². The highest BCUT2D eigenvalue weighted by molar-refractivity contribution is 8.71. The van der Waals surface area contributed by atoms with Gasteiger partial charge in [-0.3, -0.25) is 4.79 Å². The Morgan fingerprint density at radius 2 is 1.84 bits per heavy atom.